The lowest BCUT2D eigenvalue weighted by Gasteiger charge is -2.24. The Morgan fingerprint density at radius 3 is 2.33 bits per heavy atom. The summed E-state index contributed by atoms with van der Waals surface area (Å²) in [6.45, 7) is 5.92. The molecule has 0 bridgehead atoms. The number of rotatable bonds is 5. The third kappa shape index (κ3) is 7.11. The van der Waals surface area contributed by atoms with Crippen molar-refractivity contribution in [2.24, 2.45) is 5.73 Å². The van der Waals surface area contributed by atoms with Gasteiger partial charge < -0.3 is 20.1 Å². The lowest BCUT2D eigenvalue weighted by Crippen LogP contribution is -2.36. The first-order valence-corrected chi connectivity index (χ1v) is 5.95. The van der Waals surface area contributed by atoms with Crippen LogP contribution in [0.15, 0.2) is 0 Å². The van der Waals surface area contributed by atoms with Gasteiger partial charge in [0.05, 0.1) is 7.11 Å². The van der Waals surface area contributed by atoms with Crippen LogP contribution >= 0.6 is 0 Å². The van der Waals surface area contributed by atoms with E-state index in [2.05, 4.69) is 4.74 Å². The second-order valence-electron chi connectivity index (χ2n) is 5.17. The lowest BCUT2D eigenvalue weighted by molar-refractivity contribution is -0.142. The number of esters is 1. The summed E-state index contributed by atoms with van der Waals surface area (Å²) in [5.74, 6) is -0.435. The Bertz CT molecular complexity index is 286. The number of nitrogens with zero attached hydrogens (tertiary/aromatic N) is 1. The molecule has 18 heavy (non-hydrogen) atoms. The quantitative estimate of drug-likeness (QED) is 0.749. The van der Waals surface area contributed by atoms with Crippen molar-refractivity contribution in [3.63, 3.8) is 0 Å². The molecule has 0 radical (unpaired) electrons. The van der Waals surface area contributed by atoms with Crippen molar-refractivity contribution in [1.29, 1.82) is 0 Å². The molecule has 0 saturated heterocycles. The largest absolute Gasteiger partial charge is 0.468 e. The molecule has 6 heteroatoms. The van der Waals surface area contributed by atoms with Crippen LogP contribution in [0.5, 0.6) is 0 Å². The van der Waals surface area contributed by atoms with Crippen LogP contribution in [0.2, 0.25) is 0 Å². The number of methoxy groups -OCH3 is 1. The summed E-state index contributed by atoms with van der Waals surface area (Å²) >= 11 is 0. The van der Waals surface area contributed by atoms with Crippen molar-refractivity contribution < 1.29 is 19.1 Å². The van der Waals surface area contributed by atoms with Gasteiger partial charge in [-0.2, -0.15) is 0 Å². The van der Waals surface area contributed by atoms with E-state index in [-0.39, 0.29) is 6.09 Å². The van der Waals surface area contributed by atoms with Crippen LogP contribution in [-0.2, 0) is 14.3 Å². The van der Waals surface area contributed by atoms with Gasteiger partial charge in [0.25, 0.3) is 0 Å². The predicted octanol–water partition coefficient (Wildman–Crippen LogP) is 1.13. The second kappa shape index (κ2) is 7.20. The fraction of sp³-hybridized carbons (Fsp3) is 0.833. The topological polar surface area (TPSA) is 81.9 Å². The predicted molar refractivity (Wildman–Crippen MR) is 68.1 cm³/mol. The molecule has 1 atom stereocenters. The van der Waals surface area contributed by atoms with Crippen LogP contribution in [0.4, 0.5) is 4.79 Å². The molecular weight excluding hydrogens is 236 g/mol. The Kier molecular flexibility index (Phi) is 6.68. The molecule has 0 heterocycles. The van der Waals surface area contributed by atoms with E-state index < -0.39 is 17.6 Å². The van der Waals surface area contributed by atoms with Crippen molar-refractivity contribution in [3.8, 4) is 0 Å². The molecule has 0 aromatic heterocycles. The fourth-order valence-corrected chi connectivity index (χ4v) is 1.25. The molecule has 106 valence electrons. The highest BCUT2D eigenvalue weighted by atomic mass is 16.6. The molecular formula is C12H24N2O4. The Balaban J connectivity index is 3.93. The van der Waals surface area contributed by atoms with Gasteiger partial charge in [0.2, 0.25) is 0 Å². The van der Waals surface area contributed by atoms with Gasteiger partial charge in [0.1, 0.15) is 11.6 Å². The van der Waals surface area contributed by atoms with E-state index in [0.717, 1.165) is 0 Å². The Morgan fingerprint density at radius 2 is 1.89 bits per heavy atom. The van der Waals surface area contributed by atoms with Crippen molar-refractivity contribution in [1.82, 2.24) is 4.90 Å². The summed E-state index contributed by atoms with van der Waals surface area (Å²) in [4.78, 5) is 24.1. The summed E-state index contributed by atoms with van der Waals surface area (Å²) in [6.07, 6.45) is 0.709. The molecule has 1 amide bonds. The average Bonchev–Trinajstić information content (AvgIpc) is 2.25. The first-order chi connectivity index (χ1) is 8.17. The zero-order valence-corrected chi connectivity index (χ0v) is 11.9. The normalized spacial score (nSPS) is 12.8. The number of amides is 1. The molecule has 0 spiro atoms. The smallest absolute Gasteiger partial charge is 0.410 e. The lowest BCUT2D eigenvalue weighted by atomic mass is 10.1. The second-order valence-corrected chi connectivity index (χ2v) is 5.17. The number of hydrogen-bond acceptors (Lipinski definition) is 5. The molecule has 0 rings (SSSR count). The number of nitrogens with two attached hydrogens (primary N) is 1. The van der Waals surface area contributed by atoms with E-state index in [1.165, 1.54) is 12.0 Å². The maximum Gasteiger partial charge on any atom is 0.410 e. The highest BCUT2D eigenvalue weighted by Gasteiger charge is 2.20. The van der Waals surface area contributed by atoms with E-state index in [1.54, 1.807) is 7.05 Å². The summed E-state index contributed by atoms with van der Waals surface area (Å²) < 4.78 is 9.70. The monoisotopic (exact) mass is 260 g/mol. The van der Waals surface area contributed by atoms with Crippen molar-refractivity contribution >= 4 is 12.1 Å². The first-order valence-electron chi connectivity index (χ1n) is 5.95. The molecule has 0 saturated carbocycles. The van der Waals surface area contributed by atoms with E-state index in [0.29, 0.717) is 19.4 Å². The Morgan fingerprint density at radius 1 is 1.33 bits per heavy atom. The molecule has 0 aliphatic rings. The highest BCUT2D eigenvalue weighted by molar-refractivity contribution is 5.75. The highest BCUT2D eigenvalue weighted by Crippen LogP contribution is 2.09. The van der Waals surface area contributed by atoms with Gasteiger partial charge >= 0.3 is 12.1 Å². The Labute approximate surface area is 108 Å². The van der Waals surface area contributed by atoms with E-state index in [1.807, 2.05) is 20.8 Å². The molecule has 0 aliphatic carbocycles. The van der Waals surface area contributed by atoms with E-state index in [9.17, 15) is 9.59 Å². The van der Waals surface area contributed by atoms with Gasteiger partial charge in [-0.25, -0.2) is 4.79 Å². The number of carbonyl (C=O) groups is 2. The number of ether oxygens (including phenoxy) is 2. The fourth-order valence-electron chi connectivity index (χ4n) is 1.25. The van der Waals surface area contributed by atoms with E-state index in [4.69, 9.17) is 10.5 Å². The summed E-state index contributed by atoms with van der Waals surface area (Å²) in [5, 5.41) is 0. The molecule has 0 aromatic rings. The average molecular weight is 260 g/mol. The van der Waals surface area contributed by atoms with Gasteiger partial charge in [0.15, 0.2) is 0 Å². The zero-order chi connectivity index (χ0) is 14.3. The maximum atomic E-state index is 11.6. The minimum Gasteiger partial charge on any atom is -0.468 e. The standard InChI is InChI=1S/C12H24N2O4/c1-12(2,3)18-11(16)14(4)8-6-7-9(13)10(15)17-5/h9H,6-8,13H2,1-5H3/t9-/m0/s1. The van der Waals surface area contributed by atoms with Crippen LogP contribution in [-0.4, -0.2) is 49.3 Å². The summed E-state index contributed by atoms with van der Waals surface area (Å²) in [7, 11) is 2.95. The third-order valence-corrected chi connectivity index (χ3v) is 2.22. The van der Waals surface area contributed by atoms with Crippen LogP contribution in [0.25, 0.3) is 0 Å². The minimum atomic E-state index is -0.637. The first kappa shape index (κ1) is 16.7. The van der Waals surface area contributed by atoms with E-state index >= 15 is 0 Å². The van der Waals surface area contributed by atoms with Gasteiger partial charge in [-0.05, 0) is 33.6 Å². The van der Waals surface area contributed by atoms with Gasteiger partial charge in [-0.1, -0.05) is 0 Å². The number of hydrogen-bond donors (Lipinski definition) is 1. The van der Waals surface area contributed by atoms with Crippen LogP contribution in [0, 0.1) is 0 Å². The molecule has 0 aliphatic heterocycles. The molecule has 0 aromatic carbocycles. The molecule has 0 unspecified atom stereocenters. The number of carbonyl (C=O) groups excluding carboxylic acids is 2. The van der Waals surface area contributed by atoms with Crippen molar-refractivity contribution in [2.45, 2.75) is 45.3 Å². The maximum absolute atomic E-state index is 11.6. The summed E-state index contributed by atoms with van der Waals surface area (Å²) in [5.41, 5.74) is 5.08. The van der Waals surface area contributed by atoms with Gasteiger partial charge in [-0.15, -0.1) is 0 Å². The molecule has 6 nitrogen and oxygen atoms in total. The summed E-state index contributed by atoms with van der Waals surface area (Å²) in [6, 6.07) is -0.637. The minimum absolute atomic E-state index is 0.380. The van der Waals surface area contributed by atoms with Crippen LogP contribution < -0.4 is 5.73 Å². The zero-order valence-electron chi connectivity index (χ0n) is 11.9. The van der Waals surface area contributed by atoms with Gasteiger partial charge in [-0.3, -0.25) is 4.79 Å². The van der Waals surface area contributed by atoms with Gasteiger partial charge in [0, 0.05) is 13.6 Å². The SMILES string of the molecule is COC(=O)[C@@H](N)CCCN(C)C(=O)OC(C)(C)C. The van der Waals surface area contributed by atoms with Crippen molar-refractivity contribution in [3.05, 3.63) is 0 Å². The van der Waals surface area contributed by atoms with Crippen LogP contribution in [0.1, 0.15) is 33.6 Å². The third-order valence-electron chi connectivity index (χ3n) is 2.22. The molecule has 2 N–H and O–H groups in total. The van der Waals surface area contributed by atoms with Crippen molar-refractivity contribution in [2.75, 3.05) is 20.7 Å². The van der Waals surface area contributed by atoms with Crippen LogP contribution in [0.3, 0.4) is 0 Å². The Hall–Kier alpha value is -1.30. The molecule has 0 fully saturated rings.